The fourth-order valence-corrected chi connectivity index (χ4v) is 2.98. The van der Waals surface area contributed by atoms with Crippen LogP contribution in [-0.2, 0) is 0 Å². The second kappa shape index (κ2) is 10.7. The molecule has 1 aliphatic heterocycles. The van der Waals surface area contributed by atoms with Crippen LogP contribution in [0.3, 0.4) is 0 Å². The Kier molecular flexibility index (Phi) is 9.30. The first-order valence-electron chi connectivity index (χ1n) is 7.21. The van der Waals surface area contributed by atoms with E-state index < -0.39 is 0 Å². The van der Waals surface area contributed by atoms with Crippen molar-refractivity contribution < 1.29 is 14.2 Å². The number of hydrogen-bond acceptors (Lipinski definition) is 5. The molecule has 6 nitrogen and oxygen atoms in total. The van der Waals surface area contributed by atoms with Crippen LogP contribution >= 0.6 is 35.7 Å². The predicted octanol–water partition coefficient (Wildman–Crippen LogP) is 2.06. The summed E-state index contributed by atoms with van der Waals surface area (Å²) in [7, 11) is 3.22. The van der Waals surface area contributed by atoms with Gasteiger partial charge in [-0.1, -0.05) is 0 Å². The summed E-state index contributed by atoms with van der Waals surface area (Å²) >= 11 is 1.95. The first-order chi connectivity index (χ1) is 10.7. The maximum absolute atomic E-state index is 5.99. The summed E-state index contributed by atoms with van der Waals surface area (Å²) < 4.78 is 16.1. The monoisotopic (exact) mass is 453 g/mol. The van der Waals surface area contributed by atoms with Gasteiger partial charge in [0.2, 0.25) is 0 Å². The number of aliphatic imine (C=N–C) groups is 1. The molecule has 23 heavy (non-hydrogen) atoms. The van der Waals surface area contributed by atoms with Crippen LogP contribution in [0.25, 0.3) is 0 Å². The molecular formula is C15H24IN3O3S. The molecule has 130 valence electrons. The Morgan fingerprint density at radius 1 is 1.13 bits per heavy atom. The molecule has 0 aromatic heterocycles. The van der Waals surface area contributed by atoms with Crippen molar-refractivity contribution in [3.05, 3.63) is 18.2 Å². The number of benzene rings is 1. The summed E-state index contributed by atoms with van der Waals surface area (Å²) in [5.74, 6) is 4.91. The molecule has 0 bridgehead atoms. The highest BCUT2D eigenvalue weighted by Gasteiger charge is 2.11. The Bertz CT molecular complexity index is 488. The van der Waals surface area contributed by atoms with Crippen LogP contribution in [0, 0.1) is 0 Å². The molecule has 1 aromatic rings. The molecule has 1 saturated heterocycles. The van der Waals surface area contributed by atoms with Gasteiger partial charge in [-0.3, -0.25) is 0 Å². The highest BCUT2D eigenvalue weighted by atomic mass is 127. The number of guanidine groups is 1. The fraction of sp³-hybridized carbons (Fsp3) is 0.533. The molecule has 0 saturated carbocycles. The molecule has 1 aliphatic rings. The van der Waals surface area contributed by atoms with E-state index in [4.69, 9.17) is 19.9 Å². The summed E-state index contributed by atoms with van der Waals surface area (Å²) in [4.78, 5) is 6.49. The van der Waals surface area contributed by atoms with Gasteiger partial charge in [-0.05, 0) is 0 Å². The van der Waals surface area contributed by atoms with Crippen LogP contribution in [0.15, 0.2) is 23.2 Å². The van der Waals surface area contributed by atoms with Gasteiger partial charge < -0.3 is 24.8 Å². The average Bonchev–Trinajstić information content (AvgIpc) is 2.58. The molecule has 2 N–H and O–H groups in total. The van der Waals surface area contributed by atoms with Gasteiger partial charge in [0.05, 0.1) is 20.8 Å². The van der Waals surface area contributed by atoms with E-state index in [1.54, 1.807) is 20.3 Å². The van der Waals surface area contributed by atoms with Crippen molar-refractivity contribution in [1.82, 2.24) is 4.90 Å². The number of nitrogens with zero attached hydrogens (tertiary/aromatic N) is 2. The Hall–Kier alpha value is -1.03. The number of methoxy groups -OCH3 is 2. The number of ether oxygens (including phenoxy) is 3. The van der Waals surface area contributed by atoms with Crippen LogP contribution < -0.4 is 19.9 Å². The number of halogens is 1. The third-order valence-electron chi connectivity index (χ3n) is 3.29. The molecule has 0 radical (unpaired) electrons. The van der Waals surface area contributed by atoms with Crippen molar-refractivity contribution in [3.63, 3.8) is 0 Å². The smallest absolute Gasteiger partial charge is 0.191 e. The Morgan fingerprint density at radius 3 is 2.26 bits per heavy atom. The maximum atomic E-state index is 5.99. The molecule has 0 atom stereocenters. The van der Waals surface area contributed by atoms with Gasteiger partial charge in [0.15, 0.2) is 5.96 Å². The lowest BCUT2D eigenvalue weighted by molar-refractivity contribution is 0.320. The van der Waals surface area contributed by atoms with E-state index in [2.05, 4.69) is 9.89 Å². The lowest BCUT2D eigenvalue weighted by atomic mass is 10.3. The van der Waals surface area contributed by atoms with Crippen molar-refractivity contribution in [2.45, 2.75) is 0 Å². The van der Waals surface area contributed by atoms with E-state index in [1.165, 1.54) is 0 Å². The summed E-state index contributed by atoms with van der Waals surface area (Å²) in [5.41, 5.74) is 5.99. The minimum atomic E-state index is 0. The highest BCUT2D eigenvalue weighted by molar-refractivity contribution is 14.0. The zero-order valence-corrected chi connectivity index (χ0v) is 16.6. The zero-order chi connectivity index (χ0) is 15.8. The normalized spacial score (nSPS) is 14.9. The van der Waals surface area contributed by atoms with Crippen molar-refractivity contribution >= 4 is 41.7 Å². The molecule has 1 heterocycles. The van der Waals surface area contributed by atoms with Crippen molar-refractivity contribution in [3.8, 4) is 17.2 Å². The van der Waals surface area contributed by atoms with Crippen LogP contribution in [0.2, 0.25) is 0 Å². The third kappa shape index (κ3) is 6.54. The Morgan fingerprint density at radius 2 is 1.70 bits per heavy atom. The van der Waals surface area contributed by atoms with E-state index in [0.717, 1.165) is 24.6 Å². The van der Waals surface area contributed by atoms with Crippen LogP contribution in [0.5, 0.6) is 17.2 Å². The van der Waals surface area contributed by atoms with E-state index in [9.17, 15) is 0 Å². The van der Waals surface area contributed by atoms with E-state index in [0.29, 0.717) is 36.4 Å². The van der Waals surface area contributed by atoms with E-state index in [-0.39, 0.29) is 24.0 Å². The molecule has 0 spiro atoms. The first-order valence-corrected chi connectivity index (χ1v) is 8.37. The summed E-state index contributed by atoms with van der Waals surface area (Å²) in [6.07, 6.45) is 0. The zero-order valence-electron chi connectivity index (χ0n) is 13.5. The SMILES string of the molecule is COc1cc(OC)cc(OCCN=C(N)N2CCSCC2)c1.I. The quantitative estimate of drug-likeness (QED) is 0.308. The van der Waals surface area contributed by atoms with Gasteiger partial charge in [0.1, 0.15) is 23.9 Å². The molecule has 0 unspecified atom stereocenters. The lowest BCUT2D eigenvalue weighted by Gasteiger charge is -2.27. The van der Waals surface area contributed by atoms with Crippen molar-refractivity contribution in [2.24, 2.45) is 10.7 Å². The van der Waals surface area contributed by atoms with Gasteiger partial charge in [0.25, 0.3) is 0 Å². The molecule has 2 rings (SSSR count). The van der Waals surface area contributed by atoms with E-state index >= 15 is 0 Å². The van der Waals surface area contributed by atoms with Crippen molar-refractivity contribution in [1.29, 1.82) is 0 Å². The van der Waals surface area contributed by atoms with Gasteiger partial charge in [-0.15, -0.1) is 24.0 Å². The first kappa shape index (κ1) is 20.0. The van der Waals surface area contributed by atoms with Crippen LogP contribution in [-0.4, -0.2) is 62.8 Å². The van der Waals surface area contributed by atoms with Crippen LogP contribution in [0.4, 0.5) is 0 Å². The highest BCUT2D eigenvalue weighted by Crippen LogP contribution is 2.27. The third-order valence-corrected chi connectivity index (χ3v) is 4.24. The maximum Gasteiger partial charge on any atom is 0.191 e. The molecule has 0 amide bonds. The average molecular weight is 453 g/mol. The largest absolute Gasteiger partial charge is 0.496 e. The van der Waals surface area contributed by atoms with Gasteiger partial charge >= 0.3 is 0 Å². The molecule has 8 heteroatoms. The lowest BCUT2D eigenvalue weighted by Crippen LogP contribution is -2.42. The van der Waals surface area contributed by atoms with Crippen molar-refractivity contribution in [2.75, 3.05) is 52.0 Å². The summed E-state index contributed by atoms with van der Waals surface area (Å²) in [6.45, 7) is 2.91. The molecule has 1 fully saturated rings. The van der Waals surface area contributed by atoms with Gasteiger partial charge in [-0.2, -0.15) is 11.8 Å². The second-order valence-corrected chi connectivity index (χ2v) is 5.96. The standard InChI is InChI=1S/C15H23N3O3S.HI/c1-19-12-9-13(20-2)11-14(10-12)21-6-3-17-15(16)18-4-7-22-8-5-18;/h9-11H,3-8H2,1-2H3,(H2,16,17);1H. The predicted molar refractivity (Wildman–Crippen MR) is 106 cm³/mol. The van der Waals surface area contributed by atoms with E-state index in [1.807, 2.05) is 23.9 Å². The summed E-state index contributed by atoms with van der Waals surface area (Å²) in [5, 5.41) is 0. The van der Waals surface area contributed by atoms with Gasteiger partial charge in [0, 0.05) is 42.8 Å². The Labute approximate surface area is 158 Å². The number of rotatable bonds is 6. The van der Waals surface area contributed by atoms with Crippen LogP contribution in [0.1, 0.15) is 0 Å². The Balaban J connectivity index is 0.00000264. The number of nitrogens with two attached hydrogens (primary N) is 1. The van der Waals surface area contributed by atoms with Gasteiger partial charge in [-0.25, -0.2) is 4.99 Å². The topological polar surface area (TPSA) is 69.3 Å². The molecule has 1 aromatic carbocycles. The minimum Gasteiger partial charge on any atom is -0.496 e. The number of thioether (sulfide) groups is 1. The minimum absolute atomic E-state index is 0. The fourth-order valence-electron chi connectivity index (χ4n) is 2.08. The second-order valence-electron chi connectivity index (χ2n) is 4.74. The number of hydrogen-bond donors (Lipinski definition) is 1. The molecular weight excluding hydrogens is 429 g/mol. The molecule has 0 aliphatic carbocycles. The summed E-state index contributed by atoms with van der Waals surface area (Å²) in [6, 6.07) is 5.44.